The molecule has 0 aromatic carbocycles. The maximum atomic E-state index is 11.2. The van der Waals surface area contributed by atoms with Gasteiger partial charge in [-0.05, 0) is 32.7 Å². The summed E-state index contributed by atoms with van der Waals surface area (Å²) >= 11 is 0. The molecule has 1 aliphatic rings. The van der Waals surface area contributed by atoms with Crippen LogP contribution in [-0.4, -0.2) is 47.8 Å². The molecule has 0 radical (unpaired) electrons. The molecule has 4 heteroatoms. The van der Waals surface area contributed by atoms with Crippen LogP contribution in [0.25, 0.3) is 0 Å². The fraction of sp³-hybridized carbons (Fsp3) is 0.917. The summed E-state index contributed by atoms with van der Waals surface area (Å²) in [6, 6.07) is 0. The van der Waals surface area contributed by atoms with Crippen molar-refractivity contribution in [2.45, 2.75) is 45.1 Å². The van der Waals surface area contributed by atoms with E-state index in [0.717, 1.165) is 32.5 Å². The number of likely N-dealkylation sites (tertiary alicyclic amines) is 1. The summed E-state index contributed by atoms with van der Waals surface area (Å²) in [7, 11) is 0. The van der Waals surface area contributed by atoms with E-state index in [-0.39, 0.29) is 5.97 Å². The van der Waals surface area contributed by atoms with Crippen LogP contribution in [-0.2, 0) is 9.53 Å². The van der Waals surface area contributed by atoms with Gasteiger partial charge in [-0.2, -0.15) is 0 Å². The molecule has 4 nitrogen and oxygen atoms in total. The molecule has 1 saturated heterocycles. The second kappa shape index (κ2) is 6.21. The Kier molecular flexibility index (Phi) is 5.22. The van der Waals surface area contributed by atoms with E-state index in [4.69, 9.17) is 4.74 Å². The van der Waals surface area contributed by atoms with Gasteiger partial charge in [-0.15, -0.1) is 0 Å². The SMILES string of the molecule is CCOC(=O)CCC1(O)CCN(CC)CC1. The van der Waals surface area contributed by atoms with Crippen molar-refractivity contribution in [2.75, 3.05) is 26.2 Å². The molecule has 0 amide bonds. The summed E-state index contributed by atoms with van der Waals surface area (Å²) in [5, 5.41) is 10.3. The summed E-state index contributed by atoms with van der Waals surface area (Å²) in [5.41, 5.74) is -0.654. The van der Waals surface area contributed by atoms with Crippen LogP contribution < -0.4 is 0 Å². The zero-order valence-electron chi connectivity index (χ0n) is 10.4. The third-order valence-corrected chi connectivity index (χ3v) is 3.33. The molecule has 0 saturated carbocycles. The highest BCUT2D eigenvalue weighted by Crippen LogP contribution is 2.26. The normalized spacial score (nSPS) is 20.7. The highest BCUT2D eigenvalue weighted by Gasteiger charge is 2.32. The lowest BCUT2D eigenvalue weighted by Gasteiger charge is -2.37. The Balaban J connectivity index is 2.28. The molecule has 1 fully saturated rings. The minimum Gasteiger partial charge on any atom is -0.466 e. The van der Waals surface area contributed by atoms with Crippen LogP contribution >= 0.6 is 0 Å². The van der Waals surface area contributed by atoms with Gasteiger partial charge in [0.25, 0.3) is 0 Å². The maximum Gasteiger partial charge on any atom is 0.305 e. The van der Waals surface area contributed by atoms with Gasteiger partial charge in [0.1, 0.15) is 0 Å². The van der Waals surface area contributed by atoms with Crippen LogP contribution in [0.15, 0.2) is 0 Å². The van der Waals surface area contributed by atoms with Gasteiger partial charge in [0.15, 0.2) is 0 Å². The molecule has 0 aromatic heterocycles. The minimum absolute atomic E-state index is 0.200. The minimum atomic E-state index is -0.654. The molecule has 0 spiro atoms. The van der Waals surface area contributed by atoms with Crippen LogP contribution in [0.1, 0.15) is 39.5 Å². The number of nitrogens with zero attached hydrogens (tertiary/aromatic N) is 1. The van der Waals surface area contributed by atoms with E-state index in [1.54, 1.807) is 6.92 Å². The molecule has 1 N–H and O–H groups in total. The standard InChI is InChI=1S/C12H23NO3/c1-3-13-9-7-12(15,8-10-13)6-5-11(14)16-4-2/h15H,3-10H2,1-2H3. The van der Waals surface area contributed by atoms with E-state index < -0.39 is 5.60 Å². The number of carbonyl (C=O) groups excluding carboxylic acids is 1. The van der Waals surface area contributed by atoms with Gasteiger partial charge in [0, 0.05) is 19.5 Å². The summed E-state index contributed by atoms with van der Waals surface area (Å²) < 4.78 is 4.86. The van der Waals surface area contributed by atoms with Crippen molar-refractivity contribution in [3.05, 3.63) is 0 Å². The first kappa shape index (κ1) is 13.5. The molecule has 1 aliphatic heterocycles. The first-order valence-corrected chi connectivity index (χ1v) is 6.20. The molecule has 0 aromatic rings. The topological polar surface area (TPSA) is 49.8 Å². The molecule has 94 valence electrons. The fourth-order valence-corrected chi connectivity index (χ4v) is 2.10. The predicted molar refractivity (Wildman–Crippen MR) is 62.2 cm³/mol. The third kappa shape index (κ3) is 4.10. The van der Waals surface area contributed by atoms with Crippen molar-refractivity contribution in [1.29, 1.82) is 0 Å². The van der Waals surface area contributed by atoms with Crippen LogP contribution in [0.5, 0.6) is 0 Å². The van der Waals surface area contributed by atoms with Gasteiger partial charge < -0.3 is 14.7 Å². The van der Waals surface area contributed by atoms with Crippen LogP contribution in [0.2, 0.25) is 0 Å². The Morgan fingerprint density at radius 3 is 2.50 bits per heavy atom. The molecule has 1 rings (SSSR count). The number of carbonyl (C=O) groups is 1. The van der Waals surface area contributed by atoms with E-state index in [1.165, 1.54) is 0 Å². The average Bonchev–Trinajstić information content (AvgIpc) is 2.28. The molecular formula is C12H23NO3. The number of hydrogen-bond donors (Lipinski definition) is 1. The Morgan fingerprint density at radius 2 is 2.00 bits per heavy atom. The van der Waals surface area contributed by atoms with Crippen molar-refractivity contribution >= 4 is 5.97 Å². The number of ether oxygens (including phenoxy) is 1. The molecular weight excluding hydrogens is 206 g/mol. The average molecular weight is 229 g/mol. The van der Waals surface area contributed by atoms with Crippen molar-refractivity contribution in [1.82, 2.24) is 4.90 Å². The van der Waals surface area contributed by atoms with Crippen molar-refractivity contribution in [3.8, 4) is 0 Å². The predicted octanol–water partition coefficient (Wildman–Crippen LogP) is 1.18. The zero-order chi connectivity index (χ0) is 12.0. The summed E-state index contributed by atoms with van der Waals surface area (Å²) in [5.74, 6) is -0.200. The van der Waals surface area contributed by atoms with E-state index >= 15 is 0 Å². The second-order valence-electron chi connectivity index (χ2n) is 4.46. The molecule has 16 heavy (non-hydrogen) atoms. The van der Waals surface area contributed by atoms with E-state index in [0.29, 0.717) is 19.4 Å². The van der Waals surface area contributed by atoms with Crippen molar-refractivity contribution in [2.24, 2.45) is 0 Å². The summed E-state index contributed by atoms with van der Waals surface area (Å²) in [4.78, 5) is 13.5. The molecule has 0 bridgehead atoms. The lowest BCUT2D eigenvalue weighted by molar-refractivity contribution is -0.145. The van der Waals surface area contributed by atoms with E-state index in [1.807, 2.05) is 0 Å². The Bertz CT molecular complexity index is 222. The van der Waals surface area contributed by atoms with Crippen molar-refractivity contribution in [3.63, 3.8) is 0 Å². The van der Waals surface area contributed by atoms with Gasteiger partial charge in [-0.1, -0.05) is 6.92 Å². The van der Waals surface area contributed by atoms with Crippen LogP contribution in [0.3, 0.4) is 0 Å². The number of hydrogen-bond acceptors (Lipinski definition) is 4. The highest BCUT2D eigenvalue weighted by molar-refractivity contribution is 5.69. The highest BCUT2D eigenvalue weighted by atomic mass is 16.5. The number of piperidine rings is 1. The molecule has 0 unspecified atom stereocenters. The van der Waals surface area contributed by atoms with Gasteiger partial charge in [-0.25, -0.2) is 0 Å². The Morgan fingerprint density at radius 1 is 1.38 bits per heavy atom. The maximum absolute atomic E-state index is 11.2. The molecule has 0 atom stereocenters. The summed E-state index contributed by atoms with van der Waals surface area (Å²) in [6.07, 6.45) is 2.39. The zero-order valence-corrected chi connectivity index (χ0v) is 10.4. The third-order valence-electron chi connectivity index (χ3n) is 3.33. The monoisotopic (exact) mass is 229 g/mol. The van der Waals surface area contributed by atoms with E-state index in [2.05, 4.69) is 11.8 Å². The summed E-state index contributed by atoms with van der Waals surface area (Å²) in [6.45, 7) is 7.23. The molecule has 0 aliphatic carbocycles. The Labute approximate surface area is 97.6 Å². The van der Waals surface area contributed by atoms with Gasteiger partial charge >= 0.3 is 5.97 Å². The van der Waals surface area contributed by atoms with E-state index in [9.17, 15) is 9.90 Å². The number of rotatable bonds is 5. The number of esters is 1. The van der Waals surface area contributed by atoms with Gasteiger partial charge in [-0.3, -0.25) is 4.79 Å². The van der Waals surface area contributed by atoms with Gasteiger partial charge in [0.2, 0.25) is 0 Å². The lowest BCUT2D eigenvalue weighted by Crippen LogP contribution is -2.44. The van der Waals surface area contributed by atoms with Gasteiger partial charge in [0.05, 0.1) is 12.2 Å². The number of aliphatic hydroxyl groups is 1. The first-order chi connectivity index (χ1) is 7.59. The Hall–Kier alpha value is -0.610. The van der Waals surface area contributed by atoms with Crippen LogP contribution in [0, 0.1) is 0 Å². The quantitative estimate of drug-likeness (QED) is 0.719. The smallest absolute Gasteiger partial charge is 0.305 e. The second-order valence-corrected chi connectivity index (χ2v) is 4.46. The van der Waals surface area contributed by atoms with Crippen molar-refractivity contribution < 1.29 is 14.6 Å². The molecule has 1 heterocycles. The first-order valence-electron chi connectivity index (χ1n) is 6.20. The fourth-order valence-electron chi connectivity index (χ4n) is 2.10. The lowest BCUT2D eigenvalue weighted by atomic mass is 9.87. The largest absolute Gasteiger partial charge is 0.466 e. The van der Waals surface area contributed by atoms with Crippen LogP contribution in [0.4, 0.5) is 0 Å².